The van der Waals surface area contributed by atoms with Gasteiger partial charge in [0.1, 0.15) is 17.3 Å². The number of aromatic nitrogens is 2. The molecule has 0 spiro atoms. The first-order valence-electron chi connectivity index (χ1n) is 13.5. The highest BCUT2D eigenvalue weighted by Gasteiger charge is 2.34. The van der Waals surface area contributed by atoms with Gasteiger partial charge in [-0.15, -0.1) is 0 Å². The van der Waals surface area contributed by atoms with Gasteiger partial charge in [-0.2, -0.15) is 4.98 Å². The highest BCUT2D eigenvalue weighted by Crippen LogP contribution is 2.39. The van der Waals surface area contributed by atoms with Crippen molar-refractivity contribution in [1.29, 1.82) is 0 Å². The maximum absolute atomic E-state index is 14.9. The normalized spacial score (nSPS) is 12.9. The lowest BCUT2D eigenvalue weighted by molar-refractivity contribution is 0.0943. The van der Waals surface area contributed by atoms with Gasteiger partial charge in [-0.1, -0.05) is 26.0 Å². The topological polar surface area (TPSA) is 102 Å². The smallest absolute Gasteiger partial charge is 0.328 e. The number of carbonyl (C=O) groups is 2. The van der Waals surface area contributed by atoms with Crippen molar-refractivity contribution in [2.75, 3.05) is 36.4 Å². The molecule has 11 heteroatoms. The summed E-state index contributed by atoms with van der Waals surface area (Å²) in [5, 5.41) is 8.80. The van der Waals surface area contributed by atoms with Gasteiger partial charge >= 0.3 is 6.03 Å². The summed E-state index contributed by atoms with van der Waals surface area (Å²) in [7, 11) is 0. The molecule has 2 aromatic carbocycles. The summed E-state index contributed by atoms with van der Waals surface area (Å²) in [5.41, 5.74) is 2.31. The van der Waals surface area contributed by atoms with Gasteiger partial charge in [0.25, 0.3) is 5.91 Å². The Labute approximate surface area is 233 Å². The molecule has 9 nitrogen and oxygen atoms in total. The third kappa shape index (κ3) is 6.04. The molecular formula is C29H35F2N7O2. The lowest BCUT2D eigenvalue weighted by Gasteiger charge is -2.31. The van der Waals surface area contributed by atoms with Crippen molar-refractivity contribution in [2.24, 2.45) is 0 Å². The molecule has 1 aliphatic heterocycles. The van der Waals surface area contributed by atoms with Crippen LogP contribution >= 0.6 is 0 Å². The zero-order chi connectivity index (χ0) is 29.0. The van der Waals surface area contributed by atoms with E-state index < -0.39 is 23.4 Å². The first kappa shape index (κ1) is 28.9. The quantitative estimate of drug-likeness (QED) is 0.328. The number of amides is 3. The van der Waals surface area contributed by atoms with Gasteiger partial charge in [-0.3, -0.25) is 4.79 Å². The number of fused-ring (bicyclic) bond motifs is 1. The van der Waals surface area contributed by atoms with Crippen LogP contribution in [0.1, 0.15) is 49.2 Å². The van der Waals surface area contributed by atoms with E-state index in [-0.39, 0.29) is 30.3 Å². The summed E-state index contributed by atoms with van der Waals surface area (Å²) in [6.07, 6.45) is 0. The Morgan fingerprint density at radius 3 is 2.48 bits per heavy atom. The zero-order valence-electron chi connectivity index (χ0n) is 23.4. The van der Waals surface area contributed by atoms with Crippen molar-refractivity contribution in [2.45, 2.75) is 47.2 Å². The number of hydrogen-bond acceptors (Lipinski definition) is 6. The number of aryl methyl sites for hydroxylation is 1. The molecule has 3 N–H and O–H groups in total. The van der Waals surface area contributed by atoms with Crippen molar-refractivity contribution in [1.82, 2.24) is 25.5 Å². The molecule has 2 heterocycles. The number of halogens is 2. The van der Waals surface area contributed by atoms with Crippen LogP contribution in [0.3, 0.4) is 0 Å². The molecule has 212 valence electrons. The third-order valence-electron chi connectivity index (χ3n) is 6.76. The summed E-state index contributed by atoms with van der Waals surface area (Å²) >= 11 is 0. The van der Waals surface area contributed by atoms with Crippen molar-refractivity contribution < 1.29 is 18.4 Å². The van der Waals surface area contributed by atoms with Crippen LogP contribution < -0.4 is 20.9 Å². The van der Waals surface area contributed by atoms with Crippen LogP contribution in [0.5, 0.6) is 0 Å². The molecule has 0 atom stereocenters. The van der Waals surface area contributed by atoms with Crippen molar-refractivity contribution in [3.63, 3.8) is 0 Å². The highest BCUT2D eigenvalue weighted by molar-refractivity contribution is 6.02. The van der Waals surface area contributed by atoms with Gasteiger partial charge in [0.2, 0.25) is 5.95 Å². The number of rotatable bonds is 10. The number of urea groups is 1. The molecule has 0 saturated carbocycles. The van der Waals surface area contributed by atoms with Gasteiger partial charge < -0.3 is 20.9 Å². The summed E-state index contributed by atoms with van der Waals surface area (Å²) in [4.78, 5) is 38.4. The Morgan fingerprint density at radius 2 is 1.82 bits per heavy atom. The Hall–Kier alpha value is -4.12. The minimum Gasteiger partial charge on any atom is -0.353 e. The third-order valence-corrected chi connectivity index (χ3v) is 6.76. The minimum absolute atomic E-state index is 0.0393. The Morgan fingerprint density at radius 1 is 1.12 bits per heavy atom. The van der Waals surface area contributed by atoms with Crippen LogP contribution in [-0.4, -0.2) is 59.0 Å². The number of nitrogens with one attached hydrogen (secondary N) is 3. The number of likely N-dealkylation sites (N-methyl/N-ethyl adjacent to an activating group) is 1. The molecule has 0 fully saturated rings. The first-order chi connectivity index (χ1) is 19.1. The van der Waals surface area contributed by atoms with Crippen LogP contribution in [0.4, 0.5) is 31.0 Å². The van der Waals surface area contributed by atoms with Gasteiger partial charge in [0.05, 0.1) is 12.2 Å². The first-order valence-corrected chi connectivity index (χ1v) is 13.5. The van der Waals surface area contributed by atoms with Gasteiger partial charge in [0.15, 0.2) is 5.82 Å². The van der Waals surface area contributed by atoms with Crippen LogP contribution in [0.2, 0.25) is 0 Å². The monoisotopic (exact) mass is 551 g/mol. The molecule has 3 amide bonds. The van der Waals surface area contributed by atoms with Crippen LogP contribution in [0, 0.1) is 18.6 Å². The Balaban J connectivity index is 1.88. The van der Waals surface area contributed by atoms with Crippen molar-refractivity contribution >= 4 is 29.4 Å². The second-order valence-corrected chi connectivity index (χ2v) is 9.87. The van der Waals surface area contributed by atoms with Gasteiger partial charge in [-0.05, 0) is 63.7 Å². The fourth-order valence-corrected chi connectivity index (χ4v) is 4.60. The van der Waals surface area contributed by atoms with E-state index in [9.17, 15) is 18.4 Å². The van der Waals surface area contributed by atoms with Crippen molar-refractivity contribution in [3.05, 3.63) is 64.7 Å². The van der Waals surface area contributed by atoms with E-state index >= 15 is 0 Å². The summed E-state index contributed by atoms with van der Waals surface area (Å²) in [6, 6.07) is 7.94. The summed E-state index contributed by atoms with van der Waals surface area (Å²) in [5.74, 6) is -1.76. The second kappa shape index (κ2) is 12.4. The molecule has 0 saturated heterocycles. The largest absolute Gasteiger partial charge is 0.353 e. The van der Waals surface area contributed by atoms with Crippen LogP contribution in [-0.2, 0) is 6.54 Å². The van der Waals surface area contributed by atoms with E-state index in [2.05, 4.69) is 39.7 Å². The molecule has 0 bridgehead atoms. The summed E-state index contributed by atoms with van der Waals surface area (Å²) in [6.45, 7) is 12.8. The summed E-state index contributed by atoms with van der Waals surface area (Å²) < 4.78 is 29.9. The van der Waals surface area contributed by atoms with Crippen LogP contribution in [0.25, 0.3) is 11.3 Å². The maximum atomic E-state index is 14.9. The van der Waals surface area contributed by atoms with E-state index in [1.807, 2.05) is 26.8 Å². The number of benzene rings is 2. The standard InChI is InChI=1S/C29H35F2N7O2/c1-6-37(7-2)14-13-32-28-35-24(20-15-19(12-11-18(20)5)27(39)34-17(3)4)21-16-33-29(40)38(26(21)36-28)25-22(30)9-8-10-23(25)31/h8-12,15,17H,6-7,13-14,16H2,1-5H3,(H,33,40)(H,34,39)(H,32,35,36). The zero-order valence-corrected chi connectivity index (χ0v) is 23.4. The van der Waals surface area contributed by atoms with Crippen LogP contribution in [0.15, 0.2) is 36.4 Å². The molecule has 0 aliphatic carbocycles. The number of carbonyl (C=O) groups excluding carboxylic acids is 2. The minimum atomic E-state index is -0.900. The van der Waals surface area contributed by atoms with E-state index in [4.69, 9.17) is 4.98 Å². The Kier molecular flexibility index (Phi) is 8.93. The number of hydrogen-bond donors (Lipinski definition) is 3. The fraction of sp³-hybridized carbons (Fsp3) is 0.379. The second-order valence-electron chi connectivity index (χ2n) is 9.87. The molecule has 1 aromatic heterocycles. The van der Waals surface area contributed by atoms with Crippen molar-refractivity contribution in [3.8, 4) is 11.3 Å². The van der Waals surface area contributed by atoms with E-state index in [1.54, 1.807) is 12.1 Å². The predicted octanol–water partition coefficient (Wildman–Crippen LogP) is 4.98. The van der Waals surface area contributed by atoms with Gasteiger partial charge in [-0.25, -0.2) is 23.5 Å². The molecular weight excluding hydrogens is 516 g/mol. The predicted molar refractivity (Wildman–Crippen MR) is 152 cm³/mol. The average molecular weight is 552 g/mol. The average Bonchev–Trinajstić information content (AvgIpc) is 2.91. The molecule has 0 unspecified atom stereocenters. The fourth-order valence-electron chi connectivity index (χ4n) is 4.60. The number of para-hydroxylation sites is 1. The molecule has 1 aliphatic rings. The number of nitrogens with zero attached hydrogens (tertiary/aromatic N) is 4. The lowest BCUT2D eigenvalue weighted by atomic mass is 9.97. The van der Waals surface area contributed by atoms with E-state index in [0.717, 1.165) is 42.2 Å². The molecule has 40 heavy (non-hydrogen) atoms. The van der Waals surface area contributed by atoms with E-state index in [0.29, 0.717) is 28.9 Å². The van der Waals surface area contributed by atoms with E-state index in [1.165, 1.54) is 6.07 Å². The SMILES string of the molecule is CCN(CC)CCNc1nc(-c2cc(C(=O)NC(C)C)ccc2C)c2c(n1)N(c1c(F)cccc1F)C(=O)NC2. The lowest BCUT2D eigenvalue weighted by Crippen LogP contribution is -2.43. The molecule has 0 radical (unpaired) electrons. The van der Waals surface area contributed by atoms with Gasteiger partial charge in [0, 0.05) is 35.8 Å². The molecule has 4 rings (SSSR count). The Bertz CT molecular complexity index is 1390. The molecule has 3 aromatic rings. The highest BCUT2D eigenvalue weighted by atomic mass is 19.1. The number of anilines is 3. The maximum Gasteiger partial charge on any atom is 0.328 e.